The first-order chi connectivity index (χ1) is 16.5. The van der Waals surface area contributed by atoms with Gasteiger partial charge >= 0.3 is 6.09 Å². The van der Waals surface area contributed by atoms with Gasteiger partial charge in [-0.15, -0.1) is 6.58 Å². The molecule has 0 spiro atoms. The highest BCUT2D eigenvalue weighted by Gasteiger charge is 2.32. The molecule has 0 aliphatic carbocycles. The lowest BCUT2D eigenvalue weighted by Crippen LogP contribution is -2.60. The first-order valence-corrected chi connectivity index (χ1v) is 12.0. The fraction of sp³-hybridized carbons (Fsp3) is 0.259. The highest BCUT2D eigenvalue weighted by atomic mass is 32.2. The van der Waals surface area contributed by atoms with Crippen molar-refractivity contribution in [1.29, 1.82) is 0 Å². The van der Waals surface area contributed by atoms with Crippen molar-refractivity contribution in [2.75, 3.05) is 26.7 Å². The molecule has 2 aromatic rings. The summed E-state index contributed by atoms with van der Waals surface area (Å²) in [4.78, 5) is 26.6. The summed E-state index contributed by atoms with van der Waals surface area (Å²) < 4.78 is 6.86. The zero-order valence-corrected chi connectivity index (χ0v) is 20.5. The third-order valence-corrected chi connectivity index (χ3v) is 6.29. The maximum absolute atomic E-state index is 12.6. The summed E-state index contributed by atoms with van der Waals surface area (Å²) in [7, 11) is 1.35. The van der Waals surface area contributed by atoms with Crippen LogP contribution in [-0.2, 0) is 4.74 Å². The first kappa shape index (κ1) is 25.2. The predicted molar refractivity (Wildman–Crippen MR) is 138 cm³/mol. The van der Waals surface area contributed by atoms with E-state index in [0.717, 1.165) is 17.9 Å². The third-order valence-electron chi connectivity index (χ3n) is 5.32. The minimum Gasteiger partial charge on any atom is -0.453 e. The lowest BCUT2D eigenvalue weighted by atomic mass is 10.0. The van der Waals surface area contributed by atoms with Crippen LogP contribution in [0.15, 0.2) is 90.5 Å². The molecule has 1 fully saturated rings. The molecule has 7 heteroatoms. The van der Waals surface area contributed by atoms with Gasteiger partial charge in [0.2, 0.25) is 0 Å². The van der Waals surface area contributed by atoms with Gasteiger partial charge < -0.3 is 19.3 Å². The number of likely N-dealkylation sites (tertiary alicyclic amines) is 1. The number of benzene rings is 2. The van der Waals surface area contributed by atoms with Gasteiger partial charge in [-0.25, -0.2) is 4.79 Å². The van der Waals surface area contributed by atoms with E-state index < -0.39 is 0 Å². The number of hydrogen-bond acceptors (Lipinski definition) is 5. The number of methoxy groups -OCH3 is 1. The SMILES string of the molecule is C=CC/C(=C\N(C/C=C\C)Sc1ccc(C(=O)NC2CN(C(=O)OC)C2)cc1)c1ccccc1. The van der Waals surface area contributed by atoms with Crippen molar-refractivity contribution in [1.82, 2.24) is 14.5 Å². The number of allylic oxidation sites excluding steroid dienone is 3. The Hall–Kier alpha value is -3.45. The molecule has 1 N–H and O–H groups in total. The molecular weight excluding hydrogens is 446 g/mol. The van der Waals surface area contributed by atoms with Crippen LogP contribution in [0.2, 0.25) is 0 Å². The van der Waals surface area contributed by atoms with Crippen molar-refractivity contribution in [3.8, 4) is 0 Å². The van der Waals surface area contributed by atoms with E-state index >= 15 is 0 Å². The van der Waals surface area contributed by atoms with Crippen LogP contribution >= 0.6 is 11.9 Å². The Labute approximate surface area is 206 Å². The molecule has 34 heavy (non-hydrogen) atoms. The topological polar surface area (TPSA) is 61.9 Å². The van der Waals surface area contributed by atoms with Gasteiger partial charge in [0.05, 0.1) is 13.2 Å². The molecule has 1 aliphatic rings. The maximum atomic E-state index is 12.6. The van der Waals surface area contributed by atoms with Crippen LogP contribution in [0.4, 0.5) is 4.79 Å². The standard InChI is InChI=1S/C27H31N3O3S/c1-4-6-17-30(18-23(10-5-2)21-11-8-7-9-12-21)34-25-15-13-22(14-16-25)26(31)28-24-19-29(20-24)27(32)33-3/h4-9,11-16,18,24H,2,10,17,19-20H2,1,3H3,(H,28,31)/b6-4-,23-18+. The van der Waals surface area contributed by atoms with Gasteiger partial charge in [-0.05, 0) is 60.7 Å². The molecule has 1 heterocycles. The van der Waals surface area contributed by atoms with E-state index in [0.29, 0.717) is 18.7 Å². The lowest BCUT2D eigenvalue weighted by molar-refractivity contribution is 0.0697. The summed E-state index contributed by atoms with van der Waals surface area (Å²) >= 11 is 1.62. The number of ether oxygens (including phenoxy) is 1. The second-order valence-corrected chi connectivity index (χ2v) is 8.97. The van der Waals surface area contributed by atoms with Crippen molar-refractivity contribution in [3.05, 3.63) is 96.7 Å². The molecule has 178 valence electrons. The quantitative estimate of drug-likeness (QED) is 0.368. The number of amides is 2. The van der Waals surface area contributed by atoms with Crippen LogP contribution in [0.25, 0.3) is 5.57 Å². The van der Waals surface area contributed by atoms with E-state index in [2.05, 4.69) is 45.3 Å². The van der Waals surface area contributed by atoms with E-state index in [-0.39, 0.29) is 18.0 Å². The number of nitrogens with one attached hydrogen (secondary N) is 1. The minimum absolute atomic E-state index is 0.0524. The second-order valence-electron chi connectivity index (χ2n) is 7.84. The highest BCUT2D eigenvalue weighted by Crippen LogP contribution is 2.27. The summed E-state index contributed by atoms with van der Waals surface area (Å²) in [6.07, 6.45) is 8.62. The molecule has 6 nitrogen and oxygen atoms in total. The zero-order valence-electron chi connectivity index (χ0n) is 19.6. The molecule has 0 aromatic heterocycles. The highest BCUT2D eigenvalue weighted by molar-refractivity contribution is 7.97. The van der Waals surface area contributed by atoms with Gasteiger partial charge in [0.1, 0.15) is 0 Å². The Morgan fingerprint density at radius 3 is 2.47 bits per heavy atom. The van der Waals surface area contributed by atoms with E-state index in [4.69, 9.17) is 0 Å². The molecule has 0 atom stereocenters. The van der Waals surface area contributed by atoms with Crippen LogP contribution in [0.1, 0.15) is 29.3 Å². The monoisotopic (exact) mass is 477 g/mol. The smallest absolute Gasteiger partial charge is 0.409 e. The molecule has 1 saturated heterocycles. The van der Waals surface area contributed by atoms with Gasteiger partial charge in [0.25, 0.3) is 5.91 Å². The number of nitrogens with zero attached hydrogens (tertiary/aromatic N) is 2. The fourth-order valence-electron chi connectivity index (χ4n) is 3.47. The fourth-order valence-corrected chi connectivity index (χ4v) is 4.34. The van der Waals surface area contributed by atoms with Crippen LogP contribution < -0.4 is 5.32 Å². The van der Waals surface area contributed by atoms with E-state index in [1.54, 1.807) is 16.8 Å². The Morgan fingerprint density at radius 2 is 1.85 bits per heavy atom. The predicted octanol–water partition coefficient (Wildman–Crippen LogP) is 5.37. The largest absolute Gasteiger partial charge is 0.453 e. The Balaban J connectivity index is 1.65. The summed E-state index contributed by atoms with van der Waals surface area (Å²) in [5, 5.41) is 2.95. The van der Waals surface area contributed by atoms with Gasteiger partial charge in [0.15, 0.2) is 0 Å². The molecule has 1 aliphatic heterocycles. The van der Waals surface area contributed by atoms with Gasteiger partial charge in [0, 0.05) is 36.3 Å². The van der Waals surface area contributed by atoms with Crippen molar-refractivity contribution >= 4 is 29.5 Å². The molecule has 0 bridgehead atoms. The van der Waals surface area contributed by atoms with Crippen LogP contribution in [-0.4, -0.2) is 54.0 Å². The minimum atomic E-state index is -0.369. The summed E-state index contributed by atoms with van der Waals surface area (Å²) in [5.74, 6) is -0.144. The molecule has 3 rings (SSSR count). The second kappa shape index (κ2) is 12.7. The molecular formula is C27H31N3O3S. The van der Waals surface area contributed by atoms with Crippen molar-refractivity contribution in [3.63, 3.8) is 0 Å². The van der Waals surface area contributed by atoms with Crippen LogP contribution in [0, 0.1) is 0 Å². The summed E-state index contributed by atoms with van der Waals surface area (Å²) in [6.45, 7) is 7.59. The van der Waals surface area contributed by atoms with E-state index in [1.165, 1.54) is 18.2 Å². The molecule has 2 aromatic carbocycles. The lowest BCUT2D eigenvalue weighted by Gasteiger charge is -2.38. The first-order valence-electron chi connectivity index (χ1n) is 11.2. The summed E-state index contributed by atoms with van der Waals surface area (Å²) in [6, 6.07) is 17.8. The van der Waals surface area contributed by atoms with Crippen molar-refractivity contribution < 1.29 is 14.3 Å². The average Bonchev–Trinajstić information content (AvgIpc) is 2.84. The molecule has 2 amide bonds. The maximum Gasteiger partial charge on any atom is 0.409 e. The van der Waals surface area contributed by atoms with Gasteiger partial charge in [-0.3, -0.25) is 4.79 Å². The number of hydrogen-bond donors (Lipinski definition) is 1. The Bertz CT molecular complexity index is 1030. The summed E-state index contributed by atoms with van der Waals surface area (Å²) in [5.41, 5.74) is 2.94. The number of carbonyl (C=O) groups excluding carboxylic acids is 2. The van der Waals surface area contributed by atoms with Crippen molar-refractivity contribution in [2.45, 2.75) is 24.3 Å². The average molecular weight is 478 g/mol. The normalized spacial score (nSPS) is 13.9. The molecule has 0 unspecified atom stereocenters. The number of rotatable bonds is 10. The molecule has 0 saturated carbocycles. The van der Waals surface area contributed by atoms with Crippen molar-refractivity contribution in [2.24, 2.45) is 0 Å². The number of carbonyl (C=O) groups is 2. The van der Waals surface area contributed by atoms with Crippen LogP contribution in [0.5, 0.6) is 0 Å². The zero-order chi connectivity index (χ0) is 24.3. The Kier molecular flexibility index (Phi) is 9.40. The van der Waals surface area contributed by atoms with Gasteiger partial charge in [-0.2, -0.15) is 0 Å². The van der Waals surface area contributed by atoms with Crippen LogP contribution in [0.3, 0.4) is 0 Å². The van der Waals surface area contributed by atoms with Gasteiger partial charge in [-0.1, -0.05) is 48.6 Å². The van der Waals surface area contributed by atoms with E-state index in [1.807, 2.05) is 61.5 Å². The third kappa shape index (κ3) is 7.02. The molecule has 0 radical (unpaired) electrons. The van der Waals surface area contributed by atoms with E-state index in [9.17, 15) is 9.59 Å². The Morgan fingerprint density at radius 1 is 1.15 bits per heavy atom.